The second-order valence-electron chi connectivity index (χ2n) is 5.18. The van der Waals surface area contributed by atoms with Gasteiger partial charge in [-0.05, 0) is 49.9 Å². The Hall–Kier alpha value is -1.95. The van der Waals surface area contributed by atoms with Crippen molar-refractivity contribution in [3.8, 4) is 5.75 Å². The quantitative estimate of drug-likeness (QED) is 0.885. The fraction of sp³-hybridized carbons (Fsp3) is 0.438. The van der Waals surface area contributed by atoms with Gasteiger partial charge in [-0.2, -0.15) is 0 Å². The molecule has 1 aromatic heterocycles. The molecule has 0 spiro atoms. The van der Waals surface area contributed by atoms with Crippen LogP contribution in [0.15, 0.2) is 18.2 Å². The standard InChI is InChI=1S/C16H21N3O2S/c1-5-13(21-12-8-10(3)7-11(4)9-12)15(20)17-16-19-18-14(6-2)22-16/h7-9,13H,5-6H2,1-4H3,(H,17,19,20). The van der Waals surface area contributed by atoms with Crippen LogP contribution in [-0.2, 0) is 11.2 Å². The molecule has 22 heavy (non-hydrogen) atoms. The lowest BCUT2D eigenvalue weighted by molar-refractivity contribution is -0.122. The Morgan fingerprint density at radius 3 is 2.45 bits per heavy atom. The van der Waals surface area contributed by atoms with Gasteiger partial charge in [0.05, 0.1) is 0 Å². The van der Waals surface area contributed by atoms with Crippen LogP contribution < -0.4 is 10.1 Å². The number of nitrogens with one attached hydrogen (secondary N) is 1. The second kappa shape index (κ2) is 7.35. The van der Waals surface area contributed by atoms with Crippen molar-refractivity contribution in [3.05, 3.63) is 34.3 Å². The maximum atomic E-state index is 12.3. The lowest BCUT2D eigenvalue weighted by Gasteiger charge is -2.17. The lowest BCUT2D eigenvalue weighted by atomic mass is 10.1. The molecule has 1 unspecified atom stereocenters. The molecule has 1 N–H and O–H groups in total. The van der Waals surface area contributed by atoms with E-state index in [4.69, 9.17) is 4.74 Å². The number of amides is 1. The summed E-state index contributed by atoms with van der Waals surface area (Å²) in [6.07, 6.45) is 0.845. The maximum Gasteiger partial charge on any atom is 0.267 e. The van der Waals surface area contributed by atoms with Gasteiger partial charge in [0.1, 0.15) is 10.8 Å². The first-order valence-electron chi connectivity index (χ1n) is 7.40. The van der Waals surface area contributed by atoms with Crippen molar-refractivity contribution < 1.29 is 9.53 Å². The summed E-state index contributed by atoms with van der Waals surface area (Å²) in [6, 6.07) is 5.94. The number of anilines is 1. The van der Waals surface area contributed by atoms with Crippen LogP contribution in [0.1, 0.15) is 36.4 Å². The van der Waals surface area contributed by atoms with Crippen molar-refractivity contribution in [1.29, 1.82) is 0 Å². The van der Waals surface area contributed by atoms with Gasteiger partial charge in [0.2, 0.25) is 5.13 Å². The van der Waals surface area contributed by atoms with Crippen LogP contribution in [0.3, 0.4) is 0 Å². The highest BCUT2D eigenvalue weighted by Gasteiger charge is 2.20. The number of rotatable bonds is 6. The van der Waals surface area contributed by atoms with Gasteiger partial charge in [0.25, 0.3) is 5.91 Å². The van der Waals surface area contributed by atoms with Gasteiger partial charge in [-0.25, -0.2) is 0 Å². The van der Waals surface area contributed by atoms with Crippen LogP contribution in [0.4, 0.5) is 5.13 Å². The number of carbonyl (C=O) groups is 1. The van der Waals surface area contributed by atoms with E-state index in [-0.39, 0.29) is 5.91 Å². The first kappa shape index (κ1) is 16.4. The normalized spacial score (nSPS) is 12.0. The fourth-order valence-electron chi connectivity index (χ4n) is 2.12. The van der Waals surface area contributed by atoms with Crippen LogP contribution in [0.25, 0.3) is 0 Å². The number of hydrogen-bond acceptors (Lipinski definition) is 5. The number of carbonyl (C=O) groups excluding carboxylic acids is 1. The highest BCUT2D eigenvalue weighted by Crippen LogP contribution is 2.20. The molecule has 0 bridgehead atoms. The minimum atomic E-state index is -0.546. The summed E-state index contributed by atoms with van der Waals surface area (Å²) in [7, 11) is 0. The highest BCUT2D eigenvalue weighted by molar-refractivity contribution is 7.15. The molecule has 0 aliphatic rings. The van der Waals surface area contributed by atoms with Gasteiger partial charge >= 0.3 is 0 Å². The molecular weight excluding hydrogens is 298 g/mol. The molecular formula is C16H21N3O2S. The monoisotopic (exact) mass is 319 g/mol. The third kappa shape index (κ3) is 4.27. The fourth-order valence-corrected chi connectivity index (χ4v) is 2.80. The zero-order valence-electron chi connectivity index (χ0n) is 13.3. The third-order valence-corrected chi connectivity index (χ3v) is 4.12. The number of ether oxygens (including phenoxy) is 1. The van der Waals surface area contributed by atoms with Crippen molar-refractivity contribution in [1.82, 2.24) is 10.2 Å². The Balaban J connectivity index is 2.05. The van der Waals surface area contributed by atoms with Gasteiger partial charge in [0, 0.05) is 0 Å². The summed E-state index contributed by atoms with van der Waals surface area (Å²) >= 11 is 1.39. The lowest BCUT2D eigenvalue weighted by Crippen LogP contribution is -2.32. The van der Waals surface area contributed by atoms with Crippen LogP contribution in [0, 0.1) is 13.8 Å². The smallest absolute Gasteiger partial charge is 0.267 e. The van der Waals surface area contributed by atoms with Crippen molar-refractivity contribution in [2.75, 3.05) is 5.32 Å². The van der Waals surface area contributed by atoms with E-state index < -0.39 is 6.10 Å². The third-order valence-electron chi connectivity index (χ3n) is 3.14. The van der Waals surface area contributed by atoms with Gasteiger partial charge in [0.15, 0.2) is 6.10 Å². The minimum Gasteiger partial charge on any atom is -0.481 e. The summed E-state index contributed by atoms with van der Waals surface area (Å²) in [6.45, 7) is 7.94. The van der Waals surface area contributed by atoms with Crippen molar-refractivity contribution >= 4 is 22.4 Å². The molecule has 2 aromatic rings. The van der Waals surface area contributed by atoms with Crippen LogP contribution >= 0.6 is 11.3 Å². The zero-order valence-corrected chi connectivity index (χ0v) is 14.2. The van der Waals surface area contributed by atoms with E-state index in [1.807, 2.05) is 39.8 Å². The van der Waals surface area contributed by atoms with Crippen LogP contribution in [0.2, 0.25) is 0 Å². The number of aryl methyl sites for hydroxylation is 3. The molecule has 0 saturated heterocycles. The van der Waals surface area contributed by atoms with Gasteiger partial charge in [-0.1, -0.05) is 31.3 Å². The molecule has 0 saturated carbocycles. The van der Waals surface area contributed by atoms with E-state index in [0.717, 1.165) is 22.6 Å². The Kier molecular flexibility index (Phi) is 5.49. The van der Waals surface area contributed by atoms with Crippen molar-refractivity contribution in [3.63, 3.8) is 0 Å². The molecule has 1 aromatic carbocycles. The van der Waals surface area contributed by atoms with E-state index in [9.17, 15) is 4.79 Å². The first-order valence-corrected chi connectivity index (χ1v) is 8.21. The van der Waals surface area contributed by atoms with E-state index in [1.54, 1.807) is 0 Å². The molecule has 6 heteroatoms. The number of aromatic nitrogens is 2. The Morgan fingerprint density at radius 1 is 1.23 bits per heavy atom. The molecule has 5 nitrogen and oxygen atoms in total. The molecule has 118 valence electrons. The summed E-state index contributed by atoms with van der Waals surface area (Å²) in [4.78, 5) is 12.3. The van der Waals surface area contributed by atoms with Crippen molar-refractivity contribution in [2.24, 2.45) is 0 Å². The topological polar surface area (TPSA) is 64.1 Å². The molecule has 1 amide bonds. The predicted octanol–water partition coefficient (Wildman–Crippen LogP) is 3.51. The summed E-state index contributed by atoms with van der Waals surface area (Å²) in [5.41, 5.74) is 2.23. The van der Waals surface area contributed by atoms with E-state index in [0.29, 0.717) is 17.3 Å². The highest BCUT2D eigenvalue weighted by atomic mass is 32.1. The minimum absolute atomic E-state index is 0.194. The molecule has 0 fully saturated rings. The summed E-state index contributed by atoms with van der Waals surface area (Å²) in [5, 5.41) is 12.2. The van der Waals surface area contributed by atoms with E-state index >= 15 is 0 Å². The van der Waals surface area contributed by atoms with E-state index in [1.165, 1.54) is 11.3 Å². The number of nitrogens with zero attached hydrogens (tertiary/aromatic N) is 2. The second-order valence-corrected chi connectivity index (χ2v) is 6.24. The molecule has 1 atom stereocenters. The Labute approximate surface area is 134 Å². The molecule has 1 heterocycles. The maximum absolute atomic E-state index is 12.3. The largest absolute Gasteiger partial charge is 0.481 e. The summed E-state index contributed by atoms with van der Waals surface area (Å²) < 4.78 is 5.84. The van der Waals surface area contributed by atoms with Crippen LogP contribution in [-0.4, -0.2) is 22.2 Å². The average molecular weight is 319 g/mol. The van der Waals surface area contributed by atoms with Crippen molar-refractivity contribution in [2.45, 2.75) is 46.6 Å². The van der Waals surface area contributed by atoms with E-state index in [2.05, 4.69) is 21.6 Å². The zero-order chi connectivity index (χ0) is 16.1. The Bertz CT molecular complexity index is 634. The number of hydrogen-bond donors (Lipinski definition) is 1. The van der Waals surface area contributed by atoms with Gasteiger partial charge in [-0.3, -0.25) is 10.1 Å². The average Bonchev–Trinajstić information content (AvgIpc) is 2.91. The van der Waals surface area contributed by atoms with Crippen LogP contribution in [0.5, 0.6) is 5.75 Å². The Morgan fingerprint density at radius 2 is 1.91 bits per heavy atom. The summed E-state index contributed by atoms with van der Waals surface area (Å²) in [5.74, 6) is 0.520. The molecule has 0 aliphatic carbocycles. The first-order chi connectivity index (χ1) is 10.5. The molecule has 2 rings (SSSR count). The van der Waals surface area contributed by atoms with Gasteiger partial charge in [-0.15, -0.1) is 10.2 Å². The number of benzene rings is 1. The predicted molar refractivity (Wildman–Crippen MR) is 88.5 cm³/mol. The van der Waals surface area contributed by atoms with Gasteiger partial charge < -0.3 is 4.74 Å². The molecule has 0 aliphatic heterocycles. The molecule has 0 radical (unpaired) electrons. The SMILES string of the molecule is CCc1nnc(NC(=O)C(CC)Oc2cc(C)cc(C)c2)s1.